The normalized spacial score (nSPS) is 10.0. The molecule has 0 heterocycles. The fraction of sp³-hybridized carbons (Fsp3) is 0.133. The lowest BCUT2D eigenvalue weighted by atomic mass is 10.2. The number of nitrogens with one attached hydrogen (secondary N) is 1. The number of carbonyl (C=O) groups excluding carboxylic acids is 1. The summed E-state index contributed by atoms with van der Waals surface area (Å²) in [5.41, 5.74) is 2.40. The fourth-order valence-corrected chi connectivity index (χ4v) is 1.71. The molecule has 0 saturated heterocycles. The Morgan fingerprint density at radius 3 is 2.32 bits per heavy atom. The summed E-state index contributed by atoms with van der Waals surface area (Å²) < 4.78 is 5.23. The topological polar surface area (TPSA) is 38.3 Å². The Balaban J connectivity index is 1.95. The van der Waals surface area contributed by atoms with Crippen LogP contribution in [0.5, 0.6) is 0 Å². The summed E-state index contributed by atoms with van der Waals surface area (Å²) in [7, 11) is 1.83. The maximum absolute atomic E-state index is 11.8. The predicted molar refractivity (Wildman–Crippen MR) is 76.6 cm³/mol. The number of benzene rings is 2. The van der Waals surface area contributed by atoms with Crippen molar-refractivity contribution in [1.29, 1.82) is 0 Å². The average molecular weight is 276 g/mol. The highest BCUT2D eigenvalue weighted by molar-refractivity contribution is 6.30. The Morgan fingerprint density at radius 1 is 1.11 bits per heavy atom. The first kappa shape index (κ1) is 13.4. The summed E-state index contributed by atoms with van der Waals surface area (Å²) in [6.07, 6.45) is 0. The second kappa shape index (κ2) is 6.25. The molecular formula is C15H14ClNO2. The van der Waals surface area contributed by atoms with Crippen LogP contribution in [-0.4, -0.2) is 13.0 Å². The molecule has 0 fully saturated rings. The third-order valence-electron chi connectivity index (χ3n) is 2.69. The number of anilines is 1. The number of hydrogen-bond donors (Lipinski definition) is 1. The number of rotatable bonds is 4. The van der Waals surface area contributed by atoms with Gasteiger partial charge < -0.3 is 10.1 Å². The van der Waals surface area contributed by atoms with Crippen molar-refractivity contribution in [3.8, 4) is 0 Å². The van der Waals surface area contributed by atoms with Crippen molar-refractivity contribution >= 4 is 23.3 Å². The van der Waals surface area contributed by atoms with Crippen molar-refractivity contribution in [3.05, 3.63) is 64.7 Å². The highest BCUT2D eigenvalue weighted by Gasteiger charge is 2.07. The van der Waals surface area contributed by atoms with E-state index in [9.17, 15) is 4.79 Å². The standard InChI is InChI=1S/C15H14ClNO2/c1-17-14-8-4-12(5-9-14)15(18)19-10-11-2-6-13(16)7-3-11/h2-9,17H,10H2,1H3. The fourth-order valence-electron chi connectivity index (χ4n) is 1.59. The van der Waals surface area contributed by atoms with Gasteiger partial charge in [-0.15, -0.1) is 0 Å². The molecule has 0 saturated carbocycles. The molecule has 19 heavy (non-hydrogen) atoms. The summed E-state index contributed by atoms with van der Waals surface area (Å²) in [4.78, 5) is 11.8. The van der Waals surface area contributed by atoms with E-state index in [1.807, 2.05) is 31.3 Å². The molecule has 98 valence electrons. The van der Waals surface area contributed by atoms with Crippen molar-refractivity contribution in [1.82, 2.24) is 0 Å². The number of carbonyl (C=O) groups is 1. The van der Waals surface area contributed by atoms with Crippen LogP contribution in [0.2, 0.25) is 5.02 Å². The van der Waals surface area contributed by atoms with E-state index in [-0.39, 0.29) is 12.6 Å². The van der Waals surface area contributed by atoms with Crippen LogP contribution < -0.4 is 5.32 Å². The Hall–Kier alpha value is -2.00. The third-order valence-corrected chi connectivity index (χ3v) is 2.94. The number of esters is 1. The van der Waals surface area contributed by atoms with E-state index in [1.54, 1.807) is 24.3 Å². The highest BCUT2D eigenvalue weighted by Crippen LogP contribution is 2.13. The lowest BCUT2D eigenvalue weighted by molar-refractivity contribution is 0.0473. The van der Waals surface area contributed by atoms with Crippen LogP contribution in [0.15, 0.2) is 48.5 Å². The number of ether oxygens (including phenoxy) is 1. The maximum Gasteiger partial charge on any atom is 0.338 e. The highest BCUT2D eigenvalue weighted by atomic mass is 35.5. The van der Waals surface area contributed by atoms with Crippen molar-refractivity contribution in [2.45, 2.75) is 6.61 Å². The van der Waals surface area contributed by atoms with Crippen LogP contribution >= 0.6 is 11.6 Å². The van der Waals surface area contributed by atoms with E-state index in [0.29, 0.717) is 10.6 Å². The summed E-state index contributed by atoms with van der Waals surface area (Å²) in [5, 5.41) is 3.66. The number of halogens is 1. The van der Waals surface area contributed by atoms with E-state index in [1.165, 1.54) is 0 Å². The summed E-state index contributed by atoms with van der Waals surface area (Å²) >= 11 is 5.79. The molecule has 0 radical (unpaired) electrons. The molecular weight excluding hydrogens is 262 g/mol. The van der Waals surface area contributed by atoms with Gasteiger partial charge in [-0.25, -0.2) is 4.79 Å². The van der Waals surface area contributed by atoms with E-state index >= 15 is 0 Å². The van der Waals surface area contributed by atoms with E-state index in [4.69, 9.17) is 16.3 Å². The van der Waals surface area contributed by atoms with E-state index in [2.05, 4.69) is 5.32 Å². The maximum atomic E-state index is 11.8. The molecule has 0 unspecified atom stereocenters. The molecule has 0 aliphatic rings. The van der Waals surface area contributed by atoms with Gasteiger partial charge in [-0.3, -0.25) is 0 Å². The van der Waals surface area contributed by atoms with Crippen LogP contribution in [0.1, 0.15) is 15.9 Å². The first-order valence-electron chi connectivity index (χ1n) is 5.88. The zero-order valence-corrected chi connectivity index (χ0v) is 11.3. The molecule has 2 aromatic rings. The van der Waals surface area contributed by atoms with Gasteiger partial charge in [0.15, 0.2) is 0 Å². The number of hydrogen-bond acceptors (Lipinski definition) is 3. The van der Waals surface area contributed by atoms with Gasteiger partial charge in [-0.05, 0) is 42.0 Å². The van der Waals surface area contributed by atoms with Crippen LogP contribution in [0, 0.1) is 0 Å². The van der Waals surface area contributed by atoms with Crippen molar-refractivity contribution in [3.63, 3.8) is 0 Å². The molecule has 0 aliphatic heterocycles. The molecule has 0 aromatic heterocycles. The van der Waals surface area contributed by atoms with Crippen LogP contribution in [0.4, 0.5) is 5.69 Å². The van der Waals surface area contributed by atoms with Gasteiger partial charge in [-0.2, -0.15) is 0 Å². The molecule has 2 rings (SSSR count). The molecule has 0 amide bonds. The minimum Gasteiger partial charge on any atom is -0.457 e. The molecule has 0 atom stereocenters. The molecule has 4 heteroatoms. The quantitative estimate of drug-likeness (QED) is 0.864. The lowest BCUT2D eigenvalue weighted by Gasteiger charge is -2.06. The molecule has 0 aliphatic carbocycles. The van der Waals surface area contributed by atoms with Gasteiger partial charge in [0.25, 0.3) is 0 Å². The molecule has 2 aromatic carbocycles. The summed E-state index contributed by atoms with van der Waals surface area (Å²) in [6, 6.07) is 14.3. The Morgan fingerprint density at radius 2 is 1.74 bits per heavy atom. The average Bonchev–Trinajstić information content (AvgIpc) is 2.46. The van der Waals surface area contributed by atoms with E-state index < -0.39 is 0 Å². The molecule has 0 bridgehead atoms. The lowest BCUT2D eigenvalue weighted by Crippen LogP contribution is -2.05. The third kappa shape index (κ3) is 3.73. The minimum absolute atomic E-state index is 0.240. The van der Waals surface area contributed by atoms with Crippen molar-refractivity contribution < 1.29 is 9.53 Å². The monoisotopic (exact) mass is 275 g/mol. The molecule has 0 spiro atoms. The van der Waals surface area contributed by atoms with Crippen LogP contribution in [0.25, 0.3) is 0 Å². The second-order valence-electron chi connectivity index (χ2n) is 4.03. The van der Waals surface area contributed by atoms with Gasteiger partial charge in [0.05, 0.1) is 5.56 Å². The molecule has 3 nitrogen and oxygen atoms in total. The smallest absolute Gasteiger partial charge is 0.338 e. The first-order chi connectivity index (χ1) is 9.19. The summed E-state index contributed by atoms with van der Waals surface area (Å²) in [5.74, 6) is -0.336. The van der Waals surface area contributed by atoms with Gasteiger partial charge >= 0.3 is 5.97 Å². The van der Waals surface area contributed by atoms with Crippen molar-refractivity contribution in [2.24, 2.45) is 0 Å². The van der Waals surface area contributed by atoms with Gasteiger partial charge in [-0.1, -0.05) is 23.7 Å². The van der Waals surface area contributed by atoms with Crippen LogP contribution in [0.3, 0.4) is 0 Å². The Kier molecular flexibility index (Phi) is 4.42. The first-order valence-corrected chi connectivity index (χ1v) is 6.26. The molecule has 1 N–H and O–H groups in total. The van der Waals surface area contributed by atoms with Gasteiger partial charge in [0, 0.05) is 17.8 Å². The zero-order chi connectivity index (χ0) is 13.7. The largest absolute Gasteiger partial charge is 0.457 e. The van der Waals surface area contributed by atoms with E-state index in [0.717, 1.165) is 11.3 Å². The predicted octanol–water partition coefficient (Wildman–Crippen LogP) is 3.74. The van der Waals surface area contributed by atoms with Gasteiger partial charge in [0.2, 0.25) is 0 Å². The SMILES string of the molecule is CNc1ccc(C(=O)OCc2ccc(Cl)cc2)cc1. The summed E-state index contributed by atoms with van der Waals surface area (Å²) in [6.45, 7) is 0.240. The zero-order valence-electron chi connectivity index (χ0n) is 10.5. The minimum atomic E-state index is -0.336. The second-order valence-corrected chi connectivity index (χ2v) is 4.47. The van der Waals surface area contributed by atoms with Gasteiger partial charge in [0.1, 0.15) is 6.61 Å². The van der Waals surface area contributed by atoms with Crippen LogP contribution in [-0.2, 0) is 11.3 Å². The van der Waals surface area contributed by atoms with Crippen molar-refractivity contribution in [2.75, 3.05) is 12.4 Å². The Labute approximate surface area is 117 Å². The Bertz CT molecular complexity index is 549.